The number of hydrogen-bond donors (Lipinski definition) is 2. The van der Waals surface area contributed by atoms with Crippen LogP contribution in [0.3, 0.4) is 0 Å². The van der Waals surface area contributed by atoms with E-state index in [4.69, 9.17) is 4.43 Å². The molecule has 1 rings (SSSR count). The van der Waals surface area contributed by atoms with Gasteiger partial charge in [0.25, 0.3) is 0 Å². The van der Waals surface area contributed by atoms with Crippen LogP contribution in [0.1, 0.15) is 34.1 Å². The third-order valence-electron chi connectivity index (χ3n) is 4.72. The molecule has 0 bridgehead atoms. The van der Waals surface area contributed by atoms with Crippen molar-refractivity contribution in [2.24, 2.45) is 0 Å². The first-order chi connectivity index (χ1) is 8.45. The molecular formula is C13H27NO4Si. The maximum atomic E-state index is 11.3. The van der Waals surface area contributed by atoms with Crippen LogP contribution in [0, 0.1) is 0 Å². The van der Waals surface area contributed by atoms with Crippen LogP contribution >= 0.6 is 0 Å². The average molecular weight is 289 g/mol. The zero-order valence-electron chi connectivity index (χ0n) is 12.9. The summed E-state index contributed by atoms with van der Waals surface area (Å²) in [6.07, 6.45) is -0.567. The SMILES string of the molecule is CC1(CO)C(O[Si](C)(C)C(C)(C)C)CCN1C(=O)O. The number of nitrogens with zero attached hydrogens (tertiary/aromatic N) is 1. The summed E-state index contributed by atoms with van der Waals surface area (Å²) in [4.78, 5) is 12.6. The molecule has 1 fully saturated rings. The molecule has 0 aromatic heterocycles. The van der Waals surface area contributed by atoms with Crippen LogP contribution in [-0.4, -0.2) is 54.3 Å². The number of likely N-dealkylation sites (tertiary alicyclic amines) is 1. The summed E-state index contributed by atoms with van der Waals surface area (Å²) in [7, 11) is -1.97. The lowest BCUT2D eigenvalue weighted by atomic mass is 9.97. The molecule has 5 nitrogen and oxygen atoms in total. The van der Waals surface area contributed by atoms with Crippen LogP contribution < -0.4 is 0 Å². The van der Waals surface area contributed by atoms with Crippen molar-refractivity contribution in [2.75, 3.05) is 13.2 Å². The number of amides is 1. The molecule has 0 spiro atoms. The predicted molar refractivity (Wildman–Crippen MR) is 76.9 cm³/mol. The van der Waals surface area contributed by atoms with E-state index in [-0.39, 0.29) is 17.7 Å². The van der Waals surface area contributed by atoms with Crippen LogP contribution in [0.25, 0.3) is 0 Å². The van der Waals surface area contributed by atoms with Crippen molar-refractivity contribution in [1.29, 1.82) is 0 Å². The number of carboxylic acid groups (broad SMARTS) is 1. The Kier molecular flexibility index (Phi) is 4.39. The lowest BCUT2D eigenvalue weighted by molar-refractivity contribution is 0.00953. The van der Waals surface area contributed by atoms with Gasteiger partial charge in [-0.1, -0.05) is 20.8 Å². The first-order valence-corrected chi connectivity index (χ1v) is 9.66. The van der Waals surface area contributed by atoms with E-state index >= 15 is 0 Å². The summed E-state index contributed by atoms with van der Waals surface area (Å²) in [6.45, 7) is 12.7. The van der Waals surface area contributed by atoms with Gasteiger partial charge >= 0.3 is 6.09 Å². The fourth-order valence-electron chi connectivity index (χ4n) is 2.21. The zero-order chi connectivity index (χ0) is 15.1. The van der Waals surface area contributed by atoms with Crippen molar-refractivity contribution >= 4 is 14.4 Å². The molecule has 19 heavy (non-hydrogen) atoms. The predicted octanol–water partition coefficient (Wildman–Crippen LogP) is 2.51. The molecule has 6 heteroatoms. The molecule has 0 radical (unpaired) electrons. The maximum absolute atomic E-state index is 11.3. The van der Waals surface area contributed by atoms with Gasteiger partial charge in [-0.15, -0.1) is 0 Å². The first kappa shape index (κ1) is 16.5. The molecule has 1 amide bonds. The molecule has 112 valence electrons. The van der Waals surface area contributed by atoms with Crippen molar-refractivity contribution in [3.63, 3.8) is 0 Å². The van der Waals surface area contributed by atoms with E-state index < -0.39 is 19.9 Å². The minimum Gasteiger partial charge on any atom is -0.465 e. The van der Waals surface area contributed by atoms with Crippen molar-refractivity contribution in [3.8, 4) is 0 Å². The smallest absolute Gasteiger partial charge is 0.407 e. The molecule has 2 N–H and O–H groups in total. The third-order valence-corrected chi connectivity index (χ3v) is 9.21. The molecule has 1 saturated heterocycles. The molecule has 2 atom stereocenters. The number of aliphatic hydroxyl groups excluding tert-OH is 1. The average Bonchev–Trinajstić information content (AvgIpc) is 2.55. The molecule has 0 aromatic carbocycles. The van der Waals surface area contributed by atoms with Crippen LogP contribution in [-0.2, 0) is 4.43 Å². The topological polar surface area (TPSA) is 70.0 Å². The molecule has 1 aliphatic heterocycles. The van der Waals surface area contributed by atoms with Crippen molar-refractivity contribution in [3.05, 3.63) is 0 Å². The van der Waals surface area contributed by atoms with Gasteiger partial charge in [-0.25, -0.2) is 4.79 Å². The first-order valence-electron chi connectivity index (χ1n) is 6.75. The van der Waals surface area contributed by atoms with Gasteiger partial charge in [-0.2, -0.15) is 0 Å². The molecule has 0 saturated carbocycles. The standard InChI is InChI=1S/C13H27NO4Si/c1-12(2,3)19(5,6)18-10-7-8-14(11(16)17)13(10,4)9-15/h10,15H,7-9H2,1-6H3,(H,16,17). The molecule has 0 aromatic rings. The van der Waals surface area contributed by atoms with Gasteiger partial charge in [0.1, 0.15) is 0 Å². The number of rotatable bonds is 3. The van der Waals surface area contributed by atoms with Crippen molar-refractivity contribution in [1.82, 2.24) is 4.90 Å². The van der Waals surface area contributed by atoms with E-state index in [2.05, 4.69) is 33.9 Å². The lowest BCUT2D eigenvalue weighted by Crippen LogP contribution is -2.57. The summed E-state index contributed by atoms with van der Waals surface area (Å²) in [5, 5.41) is 18.9. The molecular weight excluding hydrogens is 262 g/mol. The van der Waals surface area contributed by atoms with Gasteiger partial charge in [-0.05, 0) is 31.5 Å². The highest BCUT2D eigenvalue weighted by Crippen LogP contribution is 2.41. The summed E-state index contributed by atoms with van der Waals surface area (Å²) >= 11 is 0. The summed E-state index contributed by atoms with van der Waals surface area (Å²) < 4.78 is 6.32. The highest BCUT2D eigenvalue weighted by atomic mass is 28.4. The lowest BCUT2D eigenvalue weighted by Gasteiger charge is -2.43. The minimum atomic E-state index is -1.97. The van der Waals surface area contributed by atoms with Crippen molar-refractivity contribution in [2.45, 2.75) is 63.9 Å². The zero-order valence-corrected chi connectivity index (χ0v) is 13.9. The largest absolute Gasteiger partial charge is 0.465 e. The Morgan fingerprint density at radius 2 is 2.00 bits per heavy atom. The van der Waals surface area contributed by atoms with E-state index in [9.17, 15) is 15.0 Å². The molecule has 1 aliphatic rings. The monoisotopic (exact) mass is 289 g/mol. The van der Waals surface area contributed by atoms with Gasteiger partial charge in [0, 0.05) is 6.54 Å². The van der Waals surface area contributed by atoms with Crippen molar-refractivity contribution < 1.29 is 19.4 Å². The number of hydrogen-bond acceptors (Lipinski definition) is 3. The van der Waals surface area contributed by atoms with Crippen LogP contribution in [0.5, 0.6) is 0 Å². The highest BCUT2D eigenvalue weighted by molar-refractivity contribution is 6.74. The maximum Gasteiger partial charge on any atom is 0.407 e. The summed E-state index contributed by atoms with van der Waals surface area (Å²) in [5.41, 5.74) is -0.832. The Labute approximate surface area is 116 Å². The second kappa shape index (κ2) is 5.07. The second-order valence-electron chi connectivity index (χ2n) is 7.10. The Balaban J connectivity index is 2.94. The van der Waals surface area contributed by atoms with E-state index in [0.717, 1.165) is 0 Å². The van der Waals surface area contributed by atoms with E-state index in [1.54, 1.807) is 6.92 Å². The second-order valence-corrected chi connectivity index (χ2v) is 11.9. The Morgan fingerprint density at radius 3 is 2.37 bits per heavy atom. The van der Waals surface area contributed by atoms with E-state index in [1.807, 2.05) is 0 Å². The van der Waals surface area contributed by atoms with Crippen LogP contribution in [0.2, 0.25) is 18.1 Å². The van der Waals surface area contributed by atoms with Crippen LogP contribution in [0.15, 0.2) is 0 Å². The van der Waals surface area contributed by atoms with Gasteiger partial charge in [0.2, 0.25) is 0 Å². The quantitative estimate of drug-likeness (QED) is 0.783. The van der Waals surface area contributed by atoms with Gasteiger partial charge < -0.3 is 14.6 Å². The van der Waals surface area contributed by atoms with E-state index in [1.165, 1.54) is 4.90 Å². The van der Waals surface area contributed by atoms with Gasteiger partial charge in [-0.3, -0.25) is 4.90 Å². The molecule has 0 aliphatic carbocycles. The summed E-state index contributed by atoms with van der Waals surface area (Å²) in [5.74, 6) is 0. The summed E-state index contributed by atoms with van der Waals surface area (Å²) in [6, 6.07) is 0. The third kappa shape index (κ3) is 2.95. The fraction of sp³-hybridized carbons (Fsp3) is 0.923. The number of carbonyl (C=O) groups is 1. The Hall–Kier alpha value is -0.593. The normalized spacial score (nSPS) is 28.8. The van der Waals surface area contributed by atoms with Crippen LogP contribution in [0.4, 0.5) is 4.79 Å². The fourth-order valence-corrected chi connectivity index (χ4v) is 3.64. The highest BCUT2D eigenvalue weighted by Gasteiger charge is 2.51. The minimum absolute atomic E-state index is 0.0695. The molecule has 2 unspecified atom stereocenters. The number of aliphatic hydroxyl groups is 1. The Bertz CT molecular complexity index is 353. The Morgan fingerprint density at radius 1 is 1.47 bits per heavy atom. The molecule has 1 heterocycles. The van der Waals surface area contributed by atoms with Gasteiger partial charge in [0.05, 0.1) is 18.2 Å². The van der Waals surface area contributed by atoms with E-state index in [0.29, 0.717) is 13.0 Å². The van der Waals surface area contributed by atoms with Gasteiger partial charge in [0.15, 0.2) is 8.32 Å².